The van der Waals surface area contributed by atoms with Crippen molar-refractivity contribution in [2.24, 2.45) is 5.10 Å². The third-order valence-corrected chi connectivity index (χ3v) is 2.58. The second-order valence-corrected chi connectivity index (χ2v) is 4.08. The zero-order chi connectivity index (χ0) is 13.0. The van der Waals surface area contributed by atoms with Crippen LogP contribution in [0.2, 0.25) is 0 Å². The van der Waals surface area contributed by atoms with Gasteiger partial charge in [-0.25, -0.2) is 9.66 Å². The molecule has 0 radical (unpaired) electrons. The maximum absolute atomic E-state index is 9.04. The van der Waals surface area contributed by atoms with Gasteiger partial charge in [0, 0.05) is 32.2 Å². The average Bonchev–Trinajstić information content (AvgIpc) is 2.84. The molecule has 0 aliphatic carbocycles. The summed E-state index contributed by atoms with van der Waals surface area (Å²) in [6.07, 6.45) is 5.05. The fraction of sp³-hybridized carbons (Fsp3) is 0.231. The third kappa shape index (κ3) is 3.81. The van der Waals surface area contributed by atoms with Crippen molar-refractivity contribution < 1.29 is 5.11 Å². The second kappa shape index (κ2) is 6.92. The molecule has 19 heavy (non-hydrogen) atoms. The Hall–Kier alpha value is -1.85. The summed E-state index contributed by atoms with van der Waals surface area (Å²) in [6.45, 7) is -0.121. The van der Waals surface area contributed by atoms with Gasteiger partial charge in [0.05, 0.1) is 6.21 Å². The molecule has 0 spiro atoms. The molecule has 0 amide bonds. The van der Waals surface area contributed by atoms with Crippen LogP contribution in [0.3, 0.4) is 0 Å². The number of aliphatic hydroxyl groups excluding tert-OH is 1. The van der Waals surface area contributed by atoms with Crippen molar-refractivity contribution in [3.05, 3.63) is 48.0 Å². The van der Waals surface area contributed by atoms with Gasteiger partial charge in [0.1, 0.15) is 6.61 Å². The molecule has 1 aromatic carbocycles. The quantitative estimate of drug-likeness (QED) is 0.868. The highest BCUT2D eigenvalue weighted by atomic mass is 35.5. The number of rotatable bonds is 4. The predicted octanol–water partition coefficient (Wildman–Crippen LogP) is 1.75. The number of hydrogen-bond donors (Lipinski definition) is 1. The Morgan fingerprint density at radius 2 is 2.00 bits per heavy atom. The first-order chi connectivity index (χ1) is 8.70. The number of hydrogen-bond acceptors (Lipinski definition) is 4. The molecule has 0 aliphatic rings. The molecule has 1 heterocycles. The Balaban J connectivity index is 0.00000180. The highest BCUT2D eigenvalue weighted by Crippen LogP contribution is 2.11. The van der Waals surface area contributed by atoms with Crippen molar-refractivity contribution in [1.82, 2.24) is 9.66 Å². The Bertz CT molecular complexity index is 534. The summed E-state index contributed by atoms with van der Waals surface area (Å²) in [5.74, 6) is 0.524. The Morgan fingerprint density at radius 3 is 2.58 bits per heavy atom. The number of aromatic nitrogens is 2. The van der Waals surface area contributed by atoms with E-state index in [4.69, 9.17) is 5.11 Å². The van der Waals surface area contributed by atoms with Crippen LogP contribution in [0.5, 0.6) is 0 Å². The fourth-order valence-electron chi connectivity index (χ4n) is 1.53. The summed E-state index contributed by atoms with van der Waals surface area (Å²) in [4.78, 5) is 6.02. The molecule has 6 heteroatoms. The van der Waals surface area contributed by atoms with E-state index in [1.165, 1.54) is 0 Å². The molecule has 0 aliphatic heterocycles. The van der Waals surface area contributed by atoms with Crippen LogP contribution < -0.4 is 4.90 Å². The summed E-state index contributed by atoms with van der Waals surface area (Å²) >= 11 is 0. The molecule has 102 valence electrons. The van der Waals surface area contributed by atoms with Gasteiger partial charge >= 0.3 is 0 Å². The van der Waals surface area contributed by atoms with E-state index in [-0.39, 0.29) is 19.0 Å². The smallest absolute Gasteiger partial charge is 0.155 e. The molecule has 1 N–H and O–H groups in total. The lowest BCUT2D eigenvalue weighted by Gasteiger charge is -2.11. The van der Waals surface area contributed by atoms with Gasteiger partial charge in [0.15, 0.2) is 5.82 Å². The minimum atomic E-state index is -0.121. The molecule has 0 unspecified atom stereocenters. The summed E-state index contributed by atoms with van der Waals surface area (Å²) in [7, 11) is 4.00. The van der Waals surface area contributed by atoms with E-state index in [9.17, 15) is 0 Å². The molecule has 0 saturated carbocycles. The Kier molecular flexibility index (Phi) is 5.54. The third-order valence-electron chi connectivity index (χ3n) is 2.58. The Labute approximate surface area is 118 Å². The van der Waals surface area contributed by atoms with Gasteiger partial charge < -0.3 is 10.0 Å². The van der Waals surface area contributed by atoms with Crippen molar-refractivity contribution in [2.45, 2.75) is 6.61 Å². The summed E-state index contributed by atoms with van der Waals surface area (Å²) in [5, 5.41) is 13.3. The van der Waals surface area contributed by atoms with Crippen LogP contribution in [0.15, 0.2) is 41.8 Å². The summed E-state index contributed by atoms with van der Waals surface area (Å²) in [6, 6.07) is 8.05. The largest absolute Gasteiger partial charge is 0.388 e. The van der Waals surface area contributed by atoms with E-state index in [0.29, 0.717) is 5.82 Å². The minimum Gasteiger partial charge on any atom is -0.388 e. The van der Waals surface area contributed by atoms with Crippen molar-refractivity contribution >= 4 is 24.3 Å². The Morgan fingerprint density at radius 1 is 1.32 bits per heavy atom. The van der Waals surface area contributed by atoms with E-state index < -0.39 is 0 Å². The molecular formula is C13H17ClN4O. The van der Waals surface area contributed by atoms with E-state index in [2.05, 4.69) is 10.1 Å². The monoisotopic (exact) mass is 280 g/mol. The lowest BCUT2D eigenvalue weighted by molar-refractivity contribution is 0.267. The van der Waals surface area contributed by atoms with E-state index in [1.54, 1.807) is 23.3 Å². The first-order valence-electron chi connectivity index (χ1n) is 5.65. The normalized spacial score (nSPS) is 10.5. The number of benzene rings is 1. The van der Waals surface area contributed by atoms with Crippen LogP contribution in [-0.2, 0) is 6.61 Å². The first-order valence-corrected chi connectivity index (χ1v) is 5.65. The molecule has 2 rings (SSSR count). The van der Waals surface area contributed by atoms with Gasteiger partial charge in [-0.2, -0.15) is 5.10 Å². The van der Waals surface area contributed by atoms with Crippen LogP contribution in [0, 0.1) is 0 Å². The van der Waals surface area contributed by atoms with Crippen molar-refractivity contribution in [3.8, 4) is 0 Å². The zero-order valence-electron chi connectivity index (χ0n) is 10.9. The van der Waals surface area contributed by atoms with Gasteiger partial charge in [0.25, 0.3) is 0 Å². The number of anilines is 1. The SMILES string of the molecule is CN(C)c1ccc(/C=N/n2ccnc2CO)cc1.Cl. The van der Waals surface area contributed by atoms with Crippen molar-refractivity contribution in [3.63, 3.8) is 0 Å². The number of imidazole rings is 1. The average molecular weight is 281 g/mol. The minimum absolute atomic E-state index is 0. The van der Waals surface area contributed by atoms with Gasteiger partial charge in [0.2, 0.25) is 0 Å². The lowest BCUT2D eigenvalue weighted by atomic mass is 10.2. The molecule has 0 bridgehead atoms. The van der Waals surface area contributed by atoms with E-state index in [1.807, 2.05) is 43.3 Å². The standard InChI is InChI=1S/C13H16N4O.ClH/c1-16(2)12-5-3-11(4-6-12)9-15-17-8-7-14-13(17)10-18;/h3-9,18H,10H2,1-2H3;1H/b15-9+;. The number of halogens is 1. The van der Waals surface area contributed by atoms with Crippen molar-refractivity contribution in [2.75, 3.05) is 19.0 Å². The van der Waals surface area contributed by atoms with Gasteiger partial charge in [-0.05, 0) is 17.7 Å². The summed E-state index contributed by atoms with van der Waals surface area (Å²) < 4.78 is 1.56. The fourth-order valence-corrected chi connectivity index (χ4v) is 1.53. The molecule has 1 aromatic heterocycles. The zero-order valence-corrected chi connectivity index (χ0v) is 11.7. The van der Waals surface area contributed by atoms with Crippen LogP contribution >= 0.6 is 12.4 Å². The lowest BCUT2D eigenvalue weighted by Crippen LogP contribution is -2.08. The number of aliphatic hydroxyl groups is 1. The van der Waals surface area contributed by atoms with Gasteiger partial charge in [-0.3, -0.25) is 0 Å². The predicted molar refractivity (Wildman–Crippen MR) is 79.2 cm³/mol. The molecule has 2 aromatic rings. The van der Waals surface area contributed by atoms with Gasteiger partial charge in [-0.1, -0.05) is 12.1 Å². The highest BCUT2D eigenvalue weighted by molar-refractivity contribution is 5.85. The second-order valence-electron chi connectivity index (χ2n) is 4.08. The molecule has 0 saturated heterocycles. The van der Waals surface area contributed by atoms with Crippen LogP contribution in [0.1, 0.15) is 11.4 Å². The van der Waals surface area contributed by atoms with E-state index in [0.717, 1.165) is 11.3 Å². The maximum atomic E-state index is 9.04. The van der Waals surface area contributed by atoms with Crippen LogP contribution in [-0.4, -0.2) is 35.1 Å². The van der Waals surface area contributed by atoms with Gasteiger partial charge in [-0.15, -0.1) is 12.4 Å². The molecule has 0 atom stereocenters. The van der Waals surface area contributed by atoms with Crippen LogP contribution in [0.25, 0.3) is 0 Å². The molecular weight excluding hydrogens is 264 g/mol. The number of nitrogens with zero attached hydrogens (tertiary/aromatic N) is 4. The highest BCUT2D eigenvalue weighted by Gasteiger charge is 1.98. The summed E-state index contributed by atoms with van der Waals surface area (Å²) in [5.41, 5.74) is 2.14. The maximum Gasteiger partial charge on any atom is 0.155 e. The molecule has 5 nitrogen and oxygen atoms in total. The molecule has 0 fully saturated rings. The van der Waals surface area contributed by atoms with E-state index >= 15 is 0 Å². The van der Waals surface area contributed by atoms with Crippen molar-refractivity contribution in [1.29, 1.82) is 0 Å². The topological polar surface area (TPSA) is 53.7 Å². The van der Waals surface area contributed by atoms with Crippen LogP contribution in [0.4, 0.5) is 5.69 Å². The first kappa shape index (κ1) is 15.2.